The number of unbranched alkanes of at least 4 members (excludes halogenated alkanes) is 27. The molecule has 0 saturated carbocycles. The molecule has 0 bridgehead atoms. The van der Waals surface area contributed by atoms with Crippen LogP contribution in [0.1, 0.15) is 258 Å². The van der Waals surface area contributed by atoms with Crippen molar-refractivity contribution in [1.29, 1.82) is 0 Å². The third kappa shape index (κ3) is 45.9. The van der Waals surface area contributed by atoms with Crippen LogP contribution in [0.15, 0.2) is 72.9 Å². The molecular weight excluding hydrogens is 791 g/mol. The molecule has 64 heavy (non-hydrogen) atoms. The van der Waals surface area contributed by atoms with Gasteiger partial charge in [0.2, 0.25) is 5.91 Å². The Kier molecular flexibility index (Phi) is 49.1. The molecule has 0 saturated heterocycles. The quantitative estimate of drug-likeness (QED) is 0.0245. The van der Waals surface area contributed by atoms with Crippen molar-refractivity contribution in [3.63, 3.8) is 0 Å². The minimum absolute atomic E-state index is 0.0265. The van der Waals surface area contributed by atoms with Gasteiger partial charge < -0.3 is 20.3 Å². The van der Waals surface area contributed by atoms with Crippen molar-refractivity contribution in [2.24, 2.45) is 0 Å². The standard InChI is InChI=1S/C58H103NO5/c1-4-7-10-13-16-19-22-24-26-28-30-32-35-38-41-44-47-50-56(61)55(53-60)59-57(62)52-54(49-46-43-40-37-34-21-18-15-12-9-6-3)64-58(63)51-48-45-42-39-36-33-31-29-27-25-23-20-17-14-11-8-5-2/h9,12,15,17-18,20-21,25,27,34,37,40,54-56,60-61H,4-8,10-11,13-14,16,19,22-24,26,28-33,35-36,38-39,41-53H2,1-3H3,(H,59,62)/b12-9+,18-15+,20-17-,27-25-,34-21-,40-37-. The van der Waals surface area contributed by atoms with Crippen LogP contribution in [0.5, 0.6) is 0 Å². The third-order valence-electron chi connectivity index (χ3n) is 12.1. The van der Waals surface area contributed by atoms with Crippen LogP contribution in [-0.2, 0) is 14.3 Å². The van der Waals surface area contributed by atoms with E-state index in [1.807, 2.05) is 36.5 Å². The Balaban J connectivity index is 4.54. The van der Waals surface area contributed by atoms with E-state index in [4.69, 9.17) is 4.74 Å². The number of aliphatic hydroxyl groups is 2. The van der Waals surface area contributed by atoms with Gasteiger partial charge in [0.1, 0.15) is 6.10 Å². The monoisotopic (exact) mass is 894 g/mol. The zero-order valence-corrected chi connectivity index (χ0v) is 42.1. The van der Waals surface area contributed by atoms with Gasteiger partial charge in [0.25, 0.3) is 0 Å². The van der Waals surface area contributed by atoms with Crippen LogP contribution < -0.4 is 5.32 Å². The summed E-state index contributed by atoms with van der Waals surface area (Å²) in [5, 5.41) is 23.8. The van der Waals surface area contributed by atoms with Gasteiger partial charge in [0.15, 0.2) is 0 Å². The second-order valence-electron chi connectivity index (χ2n) is 18.3. The smallest absolute Gasteiger partial charge is 0.306 e. The van der Waals surface area contributed by atoms with Crippen molar-refractivity contribution in [2.45, 2.75) is 277 Å². The Morgan fingerprint density at radius 1 is 0.484 bits per heavy atom. The van der Waals surface area contributed by atoms with E-state index in [2.05, 4.69) is 62.5 Å². The number of ether oxygens (including phenoxy) is 1. The van der Waals surface area contributed by atoms with Gasteiger partial charge in [-0.25, -0.2) is 0 Å². The Morgan fingerprint density at radius 3 is 1.45 bits per heavy atom. The Bertz CT molecular complexity index is 1190. The van der Waals surface area contributed by atoms with Gasteiger partial charge in [0, 0.05) is 6.42 Å². The number of esters is 1. The number of hydrogen-bond donors (Lipinski definition) is 3. The normalized spacial score (nSPS) is 13.8. The molecule has 0 spiro atoms. The van der Waals surface area contributed by atoms with Crippen molar-refractivity contribution in [2.75, 3.05) is 6.61 Å². The molecule has 0 rings (SSSR count). The molecule has 0 aromatic rings. The highest BCUT2D eigenvalue weighted by Gasteiger charge is 2.24. The van der Waals surface area contributed by atoms with E-state index in [0.717, 1.165) is 70.6 Å². The summed E-state index contributed by atoms with van der Waals surface area (Å²) in [6.07, 6.45) is 65.5. The zero-order chi connectivity index (χ0) is 46.7. The average Bonchev–Trinajstić information content (AvgIpc) is 3.29. The van der Waals surface area contributed by atoms with Gasteiger partial charge in [-0.2, -0.15) is 0 Å². The summed E-state index contributed by atoms with van der Waals surface area (Å²) in [5.41, 5.74) is 0. The van der Waals surface area contributed by atoms with Crippen LogP contribution in [-0.4, -0.2) is 46.9 Å². The van der Waals surface area contributed by atoms with Crippen LogP contribution in [0.25, 0.3) is 0 Å². The molecule has 6 nitrogen and oxygen atoms in total. The lowest BCUT2D eigenvalue weighted by atomic mass is 10.0. The lowest BCUT2D eigenvalue weighted by Crippen LogP contribution is -2.46. The van der Waals surface area contributed by atoms with Crippen molar-refractivity contribution in [3.8, 4) is 0 Å². The molecule has 1 amide bonds. The highest BCUT2D eigenvalue weighted by molar-refractivity contribution is 5.77. The number of hydrogen-bond acceptors (Lipinski definition) is 5. The maximum Gasteiger partial charge on any atom is 0.306 e. The molecule has 3 N–H and O–H groups in total. The second kappa shape index (κ2) is 51.3. The van der Waals surface area contributed by atoms with Gasteiger partial charge in [-0.1, -0.05) is 248 Å². The van der Waals surface area contributed by atoms with Crippen LogP contribution >= 0.6 is 0 Å². The SMILES string of the molecule is CC/C=C/C=C/C=C\C=C/CCCC(CC(=O)NC(CO)C(O)CCCCCCCCCCCCCCCCCCC)OC(=O)CCCCCCCCC/C=C\C/C=C\CCCCC. The lowest BCUT2D eigenvalue weighted by molar-refractivity contribution is -0.151. The molecule has 0 aromatic carbocycles. The predicted molar refractivity (Wildman–Crippen MR) is 278 cm³/mol. The summed E-state index contributed by atoms with van der Waals surface area (Å²) in [7, 11) is 0. The molecule has 3 unspecified atom stereocenters. The van der Waals surface area contributed by atoms with E-state index >= 15 is 0 Å². The van der Waals surface area contributed by atoms with Crippen molar-refractivity contribution in [1.82, 2.24) is 5.32 Å². The fraction of sp³-hybridized carbons (Fsp3) is 0.759. The minimum Gasteiger partial charge on any atom is -0.462 e. The van der Waals surface area contributed by atoms with E-state index in [9.17, 15) is 19.8 Å². The molecule has 0 aliphatic carbocycles. The summed E-state index contributed by atoms with van der Waals surface area (Å²) >= 11 is 0. The summed E-state index contributed by atoms with van der Waals surface area (Å²) in [6, 6.07) is -0.727. The van der Waals surface area contributed by atoms with Crippen molar-refractivity contribution >= 4 is 11.9 Å². The molecule has 6 heteroatoms. The highest BCUT2D eigenvalue weighted by atomic mass is 16.5. The first-order chi connectivity index (χ1) is 31.5. The summed E-state index contributed by atoms with van der Waals surface area (Å²) in [5.74, 6) is -0.550. The maximum absolute atomic E-state index is 13.2. The fourth-order valence-corrected chi connectivity index (χ4v) is 8.01. The number of allylic oxidation sites excluding steroid dienone is 12. The van der Waals surface area contributed by atoms with E-state index < -0.39 is 18.2 Å². The van der Waals surface area contributed by atoms with E-state index in [-0.39, 0.29) is 24.9 Å². The number of carbonyl (C=O) groups excluding carboxylic acids is 2. The molecule has 0 fully saturated rings. The maximum atomic E-state index is 13.2. The topological polar surface area (TPSA) is 95.9 Å². The highest BCUT2D eigenvalue weighted by Crippen LogP contribution is 2.17. The van der Waals surface area contributed by atoms with Crippen LogP contribution in [0.4, 0.5) is 0 Å². The largest absolute Gasteiger partial charge is 0.462 e. The number of rotatable bonds is 48. The minimum atomic E-state index is -0.809. The molecule has 0 aliphatic rings. The first-order valence-corrected chi connectivity index (χ1v) is 27.2. The second-order valence-corrected chi connectivity index (χ2v) is 18.3. The Morgan fingerprint density at radius 2 is 0.922 bits per heavy atom. The van der Waals surface area contributed by atoms with Crippen LogP contribution in [0, 0.1) is 0 Å². The average molecular weight is 894 g/mol. The molecule has 370 valence electrons. The van der Waals surface area contributed by atoms with E-state index in [0.29, 0.717) is 19.3 Å². The predicted octanol–water partition coefficient (Wildman–Crippen LogP) is 16.6. The fourth-order valence-electron chi connectivity index (χ4n) is 8.01. The van der Waals surface area contributed by atoms with Gasteiger partial charge >= 0.3 is 5.97 Å². The number of nitrogens with one attached hydrogen (secondary N) is 1. The first kappa shape index (κ1) is 61.3. The van der Waals surface area contributed by atoms with Crippen LogP contribution in [0.3, 0.4) is 0 Å². The van der Waals surface area contributed by atoms with E-state index in [1.165, 1.54) is 141 Å². The Labute approximate surface area is 396 Å². The van der Waals surface area contributed by atoms with Gasteiger partial charge in [-0.05, 0) is 70.6 Å². The summed E-state index contributed by atoms with van der Waals surface area (Å²) < 4.78 is 5.90. The summed E-state index contributed by atoms with van der Waals surface area (Å²) in [6.45, 7) is 6.31. The Hall–Kier alpha value is -2.70. The van der Waals surface area contributed by atoms with Crippen molar-refractivity contribution in [3.05, 3.63) is 72.9 Å². The van der Waals surface area contributed by atoms with Gasteiger partial charge in [-0.15, -0.1) is 0 Å². The van der Waals surface area contributed by atoms with Crippen LogP contribution in [0.2, 0.25) is 0 Å². The van der Waals surface area contributed by atoms with E-state index in [1.54, 1.807) is 0 Å². The lowest BCUT2D eigenvalue weighted by Gasteiger charge is -2.24. The number of amides is 1. The molecule has 0 radical (unpaired) electrons. The summed E-state index contributed by atoms with van der Waals surface area (Å²) in [4.78, 5) is 26.1. The number of carbonyl (C=O) groups is 2. The molecule has 0 heterocycles. The third-order valence-corrected chi connectivity index (χ3v) is 12.1. The number of aliphatic hydroxyl groups excluding tert-OH is 2. The first-order valence-electron chi connectivity index (χ1n) is 27.2. The molecule has 0 aromatic heterocycles. The molecule has 0 aliphatic heterocycles. The van der Waals surface area contributed by atoms with Gasteiger partial charge in [-0.3, -0.25) is 9.59 Å². The molecular formula is C58H103NO5. The van der Waals surface area contributed by atoms with Crippen molar-refractivity contribution < 1.29 is 24.5 Å². The molecule has 3 atom stereocenters. The zero-order valence-electron chi connectivity index (χ0n) is 42.1. The van der Waals surface area contributed by atoms with Gasteiger partial charge in [0.05, 0.1) is 25.2 Å².